The van der Waals surface area contributed by atoms with Crippen LogP contribution in [0, 0.1) is 0 Å². The van der Waals surface area contributed by atoms with Crippen molar-refractivity contribution in [2.45, 2.75) is 50.4 Å². The molecule has 0 bridgehead atoms. The zero-order valence-corrected chi connectivity index (χ0v) is 12.4. The van der Waals surface area contributed by atoms with Gasteiger partial charge in [0.1, 0.15) is 18.5 Å². The Labute approximate surface area is 128 Å². The lowest BCUT2D eigenvalue weighted by atomic mass is 9.95. The summed E-state index contributed by atoms with van der Waals surface area (Å²) < 4.78 is 42.6. The van der Waals surface area contributed by atoms with Gasteiger partial charge in [-0.25, -0.2) is 0 Å². The second-order valence-electron chi connectivity index (χ2n) is 5.73. The summed E-state index contributed by atoms with van der Waals surface area (Å²) in [5.74, 6) is 0.324. The molecule has 22 heavy (non-hydrogen) atoms. The Morgan fingerprint density at radius 1 is 1.14 bits per heavy atom. The number of nitrogens with one attached hydrogen (secondary N) is 1. The summed E-state index contributed by atoms with van der Waals surface area (Å²) in [5.41, 5.74) is -0.709. The summed E-state index contributed by atoms with van der Waals surface area (Å²) in [6.45, 7) is 0.496. The van der Waals surface area contributed by atoms with Crippen molar-refractivity contribution < 1.29 is 23.0 Å². The molecule has 1 unspecified atom stereocenters. The number of aliphatic hydroxyl groups excluding tert-OH is 1. The largest absolute Gasteiger partial charge is 0.491 e. The second kappa shape index (κ2) is 7.83. The summed E-state index contributed by atoms with van der Waals surface area (Å²) in [7, 11) is 0. The van der Waals surface area contributed by atoms with Gasteiger partial charge in [-0.05, 0) is 37.1 Å². The van der Waals surface area contributed by atoms with E-state index in [1.807, 2.05) is 0 Å². The first-order valence-electron chi connectivity index (χ1n) is 7.66. The maximum absolute atomic E-state index is 12.4. The molecule has 1 aromatic carbocycles. The molecular weight excluding hydrogens is 295 g/mol. The molecule has 2 rings (SSSR count). The molecule has 1 aromatic rings. The van der Waals surface area contributed by atoms with Crippen molar-refractivity contribution >= 4 is 0 Å². The van der Waals surface area contributed by atoms with E-state index in [-0.39, 0.29) is 6.61 Å². The van der Waals surface area contributed by atoms with E-state index in [0.717, 1.165) is 25.0 Å². The van der Waals surface area contributed by atoms with E-state index in [2.05, 4.69) is 5.32 Å². The average Bonchev–Trinajstić information content (AvgIpc) is 2.51. The highest BCUT2D eigenvalue weighted by atomic mass is 19.4. The molecule has 1 fully saturated rings. The van der Waals surface area contributed by atoms with E-state index in [0.29, 0.717) is 18.3 Å². The van der Waals surface area contributed by atoms with Crippen molar-refractivity contribution in [2.24, 2.45) is 0 Å². The first-order chi connectivity index (χ1) is 10.4. The van der Waals surface area contributed by atoms with E-state index in [1.54, 1.807) is 0 Å². The summed E-state index contributed by atoms with van der Waals surface area (Å²) in [4.78, 5) is 0. The van der Waals surface area contributed by atoms with Crippen LogP contribution in [0.4, 0.5) is 13.2 Å². The second-order valence-corrected chi connectivity index (χ2v) is 5.73. The molecule has 0 aromatic heterocycles. The summed E-state index contributed by atoms with van der Waals surface area (Å²) in [6.07, 6.45) is 0.953. The summed E-state index contributed by atoms with van der Waals surface area (Å²) >= 11 is 0. The number of rotatable bonds is 6. The monoisotopic (exact) mass is 317 g/mol. The summed E-state index contributed by atoms with van der Waals surface area (Å²) in [6, 6.07) is 4.94. The minimum Gasteiger partial charge on any atom is -0.491 e. The smallest absolute Gasteiger partial charge is 0.416 e. The molecular formula is C16H22F3NO2. The Kier molecular flexibility index (Phi) is 6.08. The predicted octanol–water partition coefficient (Wildman–Crippen LogP) is 3.37. The third-order valence-electron chi connectivity index (χ3n) is 3.87. The van der Waals surface area contributed by atoms with Crippen LogP contribution in [-0.2, 0) is 6.18 Å². The fourth-order valence-electron chi connectivity index (χ4n) is 2.60. The highest BCUT2D eigenvalue weighted by molar-refractivity contribution is 5.28. The lowest BCUT2D eigenvalue weighted by Crippen LogP contribution is -2.38. The molecule has 0 spiro atoms. The van der Waals surface area contributed by atoms with E-state index < -0.39 is 17.8 Å². The van der Waals surface area contributed by atoms with Crippen LogP contribution in [0.1, 0.15) is 37.7 Å². The SMILES string of the molecule is OC(CNC1CCCCC1)COc1ccc(C(F)(F)F)cc1. The first-order valence-corrected chi connectivity index (χ1v) is 7.66. The molecule has 0 saturated heterocycles. The lowest BCUT2D eigenvalue weighted by molar-refractivity contribution is -0.137. The molecule has 0 amide bonds. The van der Waals surface area contributed by atoms with Crippen molar-refractivity contribution in [3.8, 4) is 5.75 Å². The van der Waals surface area contributed by atoms with Crippen LogP contribution in [0.15, 0.2) is 24.3 Å². The van der Waals surface area contributed by atoms with E-state index in [1.165, 1.54) is 31.4 Å². The predicted molar refractivity (Wildman–Crippen MR) is 77.8 cm³/mol. The van der Waals surface area contributed by atoms with Gasteiger partial charge in [0.2, 0.25) is 0 Å². The van der Waals surface area contributed by atoms with Crippen molar-refractivity contribution in [3.05, 3.63) is 29.8 Å². The Morgan fingerprint density at radius 3 is 2.36 bits per heavy atom. The number of ether oxygens (including phenoxy) is 1. The van der Waals surface area contributed by atoms with Gasteiger partial charge < -0.3 is 15.2 Å². The molecule has 1 aliphatic carbocycles. The van der Waals surface area contributed by atoms with Crippen LogP contribution in [-0.4, -0.2) is 30.4 Å². The lowest BCUT2D eigenvalue weighted by Gasteiger charge is -2.24. The van der Waals surface area contributed by atoms with Crippen molar-refractivity contribution in [1.29, 1.82) is 0 Å². The van der Waals surface area contributed by atoms with Gasteiger partial charge in [-0.15, -0.1) is 0 Å². The van der Waals surface area contributed by atoms with E-state index >= 15 is 0 Å². The zero-order chi connectivity index (χ0) is 16.0. The Morgan fingerprint density at radius 2 is 1.77 bits per heavy atom. The first kappa shape index (κ1) is 17.1. The molecule has 1 atom stereocenters. The topological polar surface area (TPSA) is 41.5 Å². The third-order valence-corrected chi connectivity index (χ3v) is 3.87. The van der Waals surface area contributed by atoms with Gasteiger partial charge in [0.05, 0.1) is 5.56 Å². The molecule has 0 aliphatic heterocycles. The van der Waals surface area contributed by atoms with Gasteiger partial charge >= 0.3 is 6.18 Å². The van der Waals surface area contributed by atoms with Gasteiger partial charge in [-0.1, -0.05) is 19.3 Å². The number of aliphatic hydroxyl groups is 1. The van der Waals surface area contributed by atoms with Gasteiger partial charge in [-0.3, -0.25) is 0 Å². The Balaban J connectivity index is 1.70. The maximum atomic E-state index is 12.4. The van der Waals surface area contributed by atoms with Crippen molar-refractivity contribution in [1.82, 2.24) is 5.32 Å². The molecule has 0 radical (unpaired) electrons. The molecule has 0 heterocycles. The van der Waals surface area contributed by atoms with Crippen LogP contribution in [0.25, 0.3) is 0 Å². The van der Waals surface area contributed by atoms with Crippen LogP contribution in [0.2, 0.25) is 0 Å². The molecule has 2 N–H and O–H groups in total. The minimum atomic E-state index is -4.35. The van der Waals surface area contributed by atoms with Crippen molar-refractivity contribution in [2.75, 3.05) is 13.2 Å². The number of halogens is 3. The number of hydrogen-bond acceptors (Lipinski definition) is 3. The minimum absolute atomic E-state index is 0.0606. The normalized spacial score (nSPS) is 18.2. The van der Waals surface area contributed by atoms with Crippen LogP contribution in [0.3, 0.4) is 0 Å². The zero-order valence-electron chi connectivity index (χ0n) is 12.4. The van der Waals surface area contributed by atoms with Crippen LogP contribution in [0.5, 0.6) is 5.75 Å². The fraction of sp³-hybridized carbons (Fsp3) is 0.625. The summed E-state index contributed by atoms with van der Waals surface area (Å²) in [5, 5.41) is 13.2. The number of hydrogen-bond donors (Lipinski definition) is 2. The number of benzene rings is 1. The average molecular weight is 317 g/mol. The Bertz CT molecular complexity index is 442. The highest BCUT2D eigenvalue weighted by Gasteiger charge is 2.30. The van der Waals surface area contributed by atoms with E-state index in [4.69, 9.17) is 4.74 Å². The highest BCUT2D eigenvalue weighted by Crippen LogP contribution is 2.30. The van der Waals surface area contributed by atoms with Gasteiger partial charge in [0.15, 0.2) is 0 Å². The molecule has 3 nitrogen and oxygen atoms in total. The van der Waals surface area contributed by atoms with Gasteiger partial charge in [0, 0.05) is 12.6 Å². The number of alkyl halides is 3. The third kappa shape index (κ3) is 5.50. The molecule has 1 saturated carbocycles. The molecule has 124 valence electrons. The maximum Gasteiger partial charge on any atom is 0.416 e. The molecule has 1 aliphatic rings. The fourth-order valence-corrected chi connectivity index (χ4v) is 2.60. The standard InChI is InChI=1S/C16H22F3NO2/c17-16(18,19)12-6-8-15(9-7-12)22-11-14(21)10-20-13-4-2-1-3-5-13/h6-9,13-14,20-21H,1-5,10-11H2. The van der Waals surface area contributed by atoms with E-state index in [9.17, 15) is 18.3 Å². The van der Waals surface area contributed by atoms with Crippen molar-refractivity contribution in [3.63, 3.8) is 0 Å². The Hall–Kier alpha value is -1.27. The van der Waals surface area contributed by atoms with Gasteiger partial charge in [0.25, 0.3) is 0 Å². The van der Waals surface area contributed by atoms with Crippen LogP contribution >= 0.6 is 0 Å². The molecule has 6 heteroatoms. The van der Waals surface area contributed by atoms with Crippen LogP contribution < -0.4 is 10.1 Å². The quantitative estimate of drug-likeness (QED) is 0.845. The van der Waals surface area contributed by atoms with Gasteiger partial charge in [-0.2, -0.15) is 13.2 Å².